The molecule has 0 aliphatic carbocycles. The van der Waals surface area contributed by atoms with Crippen LogP contribution in [-0.4, -0.2) is 39.4 Å². The van der Waals surface area contributed by atoms with E-state index >= 15 is 0 Å². The number of hydrogen-bond acceptors (Lipinski definition) is 4. The number of nitrogens with zero attached hydrogens (tertiary/aromatic N) is 1. The van der Waals surface area contributed by atoms with E-state index in [9.17, 15) is 0 Å². The Bertz CT molecular complexity index is 756. The summed E-state index contributed by atoms with van der Waals surface area (Å²) in [5.41, 5.74) is 2.38. The second-order valence-electron chi connectivity index (χ2n) is 6.32. The van der Waals surface area contributed by atoms with Gasteiger partial charge in [-0.25, -0.2) is 0 Å². The molecule has 0 aliphatic heterocycles. The molecule has 29 heavy (non-hydrogen) atoms. The molecule has 0 amide bonds. The standard InChI is InChI=1S/C22H31N3O3.HI/c1-5-27-16-19-10-7-6-9-18(19)15-25-22(23-3)24-14-17(2)28-21-12-8-11-20(13-21)26-4;/h6-13,17H,5,14-16H2,1-4H3,(H2,23,24,25);1H. The van der Waals surface area contributed by atoms with E-state index < -0.39 is 0 Å². The fourth-order valence-electron chi connectivity index (χ4n) is 2.67. The SMILES string of the molecule is CCOCc1ccccc1CNC(=NC)NCC(C)Oc1cccc(OC)c1.I. The number of hydrogen-bond donors (Lipinski definition) is 2. The summed E-state index contributed by atoms with van der Waals surface area (Å²) >= 11 is 0. The first-order valence-corrected chi connectivity index (χ1v) is 9.56. The van der Waals surface area contributed by atoms with Gasteiger partial charge in [-0.1, -0.05) is 30.3 Å². The lowest BCUT2D eigenvalue weighted by Gasteiger charge is -2.18. The fraction of sp³-hybridized carbons (Fsp3) is 0.409. The van der Waals surface area contributed by atoms with Crippen molar-refractivity contribution in [1.82, 2.24) is 10.6 Å². The van der Waals surface area contributed by atoms with Crippen LogP contribution in [0.1, 0.15) is 25.0 Å². The van der Waals surface area contributed by atoms with Crippen LogP contribution in [0.3, 0.4) is 0 Å². The molecular formula is C22H32IN3O3. The van der Waals surface area contributed by atoms with Crippen LogP contribution in [0.2, 0.25) is 0 Å². The fourth-order valence-corrected chi connectivity index (χ4v) is 2.67. The Morgan fingerprint density at radius 3 is 2.45 bits per heavy atom. The summed E-state index contributed by atoms with van der Waals surface area (Å²) < 4.78 is 16.7. The van der Waals surface area contributed by atoms with Gasteiger partial charge in [-0.15, -0.1) is 24.0 Å². The monoisotopic (exact) mass is 513 g/mol. The third-order valence-corrected chi connectivity index (χ3v) is 4.19. The zero-order valence-electron chi connectivity index (χ0n) is 17.6. The van der Waals surface area contributed by atoms with E-state index in [4.69, 9.17) is 14.2 Å². The zero-order valence-corrected chi connectivity index (χ0v) is 19.9. The van der Waals surface area contributed by atoms with Gasteiger partial charge in [-0.2, -0.15) is 0 Å². The largest absolute Gasteiger partial charge is 0.497 e. The van der Waals surface area contributed by atoms with E-state index in [0.717, 1.165) is 17.5 Å². The average molecular weight is 513 g/mol. The Labute approximate surface area is 191 Å². The number of methoxy groups -OCH3 is 1. The number of aliphatic imine (C=N–C) groups is 1. The van der Waals surface area contributed by atoms with E-state index in [0.29, 0.717) is 26.3 Å². The van der Waals surface area contributed by atoms with Crippen LogP contribution < -0.4 is 20.1 Å². The van der Waals surface area contributed by atoms with Crippen LogP contribution in [0.4, 0.5) is 0 Å². The number of guanidine groups is 1. The summed E-state index contributed by atoms with van der Waals surface area (Å²) in [6.07, 6.45) is -0.0316. The summed E-state index contributed by atoms with van der Waals surface area (Å²) in [4.78, 5) is 4.29. The Morgan fingerprint density at radius 2 is 1.76 bits per heavy atom. The molecule has 160 valence electrons. The number of rotatable bonds is 10. The Hall–Kier alpha value is -2.00. The van der Waals surface area contributed by atoms with Crippen LogP contribution >= 0.6 is 24.0 Å². The molecule has 6 nitrogen and oxygen atoms in total. The van der Waals surface area contributed by atoms with Crippen LogP contribution in [0.25, 0.3) is 0 Å². The Morgan fingerprint density at radius 1 is 1.03 bits per heavy atom. The lowest BCUT2D eigenvalue weighted by molar-refractivity contribution is 0.133. The van der Waals surface area contributed by atoms with Gasteiger partial charge >= 0.3 is 0 Å². The van der Waals surface area contributed by atoms with Crippen molar-refractivity contribution in [1.29, 1.82) is 0 Å². The van der Waals surface area contributed by atoms with E-state index in [-0.39, 0.29) is 30.1 Å². The van der Waals surface area contributed by atoms with E-state index in [1.54, 1.807) is 14.2 Å². The molecule has 0 spiro atoms. The summed E-state index contributed by atoms with van der Waals surface area (Å²) in [5, 5.41) is 6.65. The van der Waals surface area contributed by atoms with Crippen molar-refractivity contribution < 1.29 is 14.2 Å². The van der Waals surface area contributed by atoms with Crippen molar-refractivity contribution in [2.24, 2.45) is 4.99 Å². The molecule has 0 saturated carbocycles. The van der Waals surface area contributed by atoms with Gasteiger partial charge < -0.3 is 24.8 Å². The molecule has 1 atom stereocenters. The van der Waals surface area contributed by atoms with Crippen LogP contribution in [0.15, 0.2) is 53.5 Å². The number of nitrogens with one attached hydrogen (secondary N) is 2. The predicted octanol–water partition coefficient (Wildman–Crippen LogP) is 3.98. The van der Waals surface area contributed by atoms with Crippen molar-refractivity contribution >= 4 is 29.9 Å². The van der Waals surface area contributed by atoms with Crippen LogP contribution in [-0.2, 0) is 17.9 Å². The summed E-state index contributed by atoms with van der Waals surface area (Å²) in [6, 6.07) is 15.9. The molecule has 2 aromatic carbocycles. The first-order valence-electron chi connectivity index (χ1n) is 9.56. The number of benzene rings is 2. The minimum atomic E-state index is -0.0316. The highest BCUT2D eigenvalue weighted by atomic mass is 127. The van der Waals surface area contributed by atoms with Gasteiger partial charge in [0.2, 0.25) is 0 Å². The molecule has 0 radical (unpaired) electrons. The number of ether oxygens (including phenoxy) is 3. The topological polar surface area (TPSA) is 64.1 Å². The Kier molecular flexibility index (Phi) is 12.1. The molecule has 0 heterocycles. The minimum absolute atomic E-state index is 0. The van der Waals surface area contributed by atoms with Crippen LogP contribution in [0, 0.1) is 0 Å². The summed E-state index contributed by atoms with van der Waals surface area (Å²) in [7, 11) is 3.40. The molecule has 2 N–H and O–H groups in total. The van der Waals surface area contributed by atoms with Crippen molar-refractivity contribution in [3.8, 4) is 11.5 Å². The normalized spacial score (nSPS) is 11.9. The van der Waals surface area contributed by atoms with Gasteiger partial charge in [0.1, 0.15) is 17.6 Å². The maximum Gasteiger partial charge on any atom is 0.191 e. The first-order chi connectivity index (χ1) is 13.7. The van der Waals surface area contributed by atoms with Crippen LogP contribution in [0.5, 0.6) is 11.5 Å². The highest BCUT2D eigenvalue weighted by Crippen LogP contribution is 2.19. The molecule has 2 rings (SSSR count). The molecule has 2 aromatic rings. The second kappa shape index (κ2) is 14.1. The highest BCUT2D eigenvalue weighted by molar-refractivity contribution is 14.0. The Balaban J connectivity index is 0.00000420. The van der Waals surface area contributed by atoms with Crippen molar-refractivity contribution in [3.05, 3.63) is 59.7 Å². The smallest absolute Gasteiger partial charge is 0.191 e. The predicted molar refractivity (Wildman–Crippen MR) is 128 cm³/mol. The van der Waals surface area contributed by atoms with Gasteiger partial charge in [0.25, 0.3) is 0 Å². The molecule has 1 unspecified atom stereocenters. The quantitative estimate of drug-likeness (QED) is 0.286. The van der Waals surface area contributed by atoms with Gasteiger partial charge in [0.15, 0.2) is 5.96 Å². The third kappa shape index (κ3) is 8.91. The molecule has 0 saturated heterocycles. The number of halogens is 1. The molecular weight excluding hydrogens is 481 g/mol. The van der Waals surface area contributed by atoms with E-state index in [2.05, 4.69) is 27.8 Å². The van der Waals surface area contributed by atoms with Crippen molar-refractivity contribution in [2.75, 3.05) is 27.3 Å². The van der Waals surface area contributed by atoms with Gasteiger partial charge in [-0.3, -0.25) is 4.99 Å². The maximum atomic E-state index is 5.94. The average Bonchev–Trinajstić information content (AvgIpc) is 2.73. The lowest BCUT2D eigenvalue weighted by Crippen LogP contribution is -2.41. The third-order valence-electron chi connectivity index (χ3n) is 4.19. The minimum Gasteiger partial charge on any atom is -0.497 e. The summed E-state index contributed by atoms with van der Waals surface area (Å²) in [6.45, 7) is 6.63. The van der Waals surface area contributed by atoms with E-state index in [1.165, 1.54) is 11.1 Å². The van der Waals surface area contributed by atoms with Crippen molar-refractivity contribution in [2.45, 2.75) is 33.1 Å². The second-order valence-corrected chi connectivity index (χ2v) is 6.32. The molecule has 0 aromatic heterocycles. The van der Waals surface area contributed by atoms with E-state index in [1.807, 2.05) is 50.2 Å². The summed E-state index contributed by atoms with van der Waals surface area (Å²) in [5.74, 6) is 2.29. The molecule has 0 bridgehead atoms. The van der Waals surface area contributed by atoms with Gasteiger partial charge in [-0.05, 0) is 37.1 Å². The molecule has 7 heteroatoms. The van der Waals surface area contributed by atoms with Gasteiger partial charge in [0, 0.05) is 26.3 Å². The lowest BCUT2D eigenvalue weighted by atomic mass is 10.1. The first kappa shape index (κ1) is 25.0. The van der Waals surface area contributed by atoms with Gasteiger partial charge in [0.05, 0.1) is 20.3 Å². The maximum absolute atomic E-state index is 5.94. The zero-order chi connectivity index (χ0) is 20.2. The highest BCUT2D eigenvalue weighted by Gasteiger charge is 2.08. The molecule has 0 fully saturated rings. The van der Waals surface area contributed by atoms with Crippen molar-refractivity contribution in [3.63, 3.8) is 0 Å². The molecule has 0 aliphatic rings.